The number of rotatable bonds is 3. The molecule has 0 aliphatic carbocycles. The van der Waals surface area contributed by atoms with Crippen molar-refractivity contribution in [2.75, 3.05) is 19.7 Å². The Hall–Kier alpha value is -0.970. The Morgan fingerprint density at radius 1 is 1.30 bits per heavy atom. The molecule has 1 aromatic rings. The van der Waals surface area contributed by atoms with Crippen molar-refractivity contribution >= 4 is 29.9 Å². The number of ether oxygens (including phenoxy) is 1. The number of nitrogens with one attached hydrogen (secondary N) is 1. The molecule has 0 bridgehead atoms. The van der Waals surface area contributed by atoms with Crippen LogP contribution in [0.25, 0.3) is 0 Å². The van der Waals surface area contributed by atoms with E-state index in [2.05, 4.69) is 19.2 Å². The minimum atomic E-state index is 0. The van der Waals surface area contributed by atoms with Crippen LogP contribution in [0, 0.1) is 0 Å². The number of halogens is 2. The lowest BCUT2D eigenvalue weighted by Gasteiger charge is -2.36. The fourth-order valence-electron chi connectivity index (χ4n) is 2.30. The molecule has 0 aromatic heterocycles. The number of carbonyl (C=O) groups excluding carboxylic acids is 1. The molecule has 20 heavy (non-hydrogen) atoms. The second-order valence-corrected chi connectivity index (χ2v) is 5.45. The van der Waals surface area contributed by atoms with E-state index >= 15 is 0 Å². The van der Waals surface area contributed by atoms with E-state index in [1.807, 2.05) is 4.90 Å². The van der Waals surface area contributed by atoms with Gasteiger partial charge < -0.3 is 15.0 Å². The molecule has 1 aliphatic heterocycles. The van der Waals surface area contributed by atoms with Gasteiger partial charge in [-0.15, -0.1) is 12.4 Å². The molecule has 6 heteroatoms. The lowest BCUT2D eigenvalue weighted by atomic mass is 10.1. The van der Waals surface area contributed by atoms with Crippen LogP contribution in [0.5, 0.6) is 5.75 Å². The molecule has 1 fully saturated rings. The second kappa shape index (κ2) is 7.72. The lowest BCUT2D eigenvalue weighted by molar-refractivity contribution is -0.135. The van der Waals surface area contributed by atoms with Crippen LogP contribution in [0.1, 0.15) is 13.8 Å². The Balaban J connectivity index is 0.00000200. The Morgan fingerprint density at radius 3 is 2.40 bits per heavy atom. The average Bonchev–Trinajstić information content (AvgIpc) is 2.36. The maximum atomic E-state index is 12.1. The molecule has 1 aliphatic rings. The normalized spacial score (nSPS) is 22.1. The third kappa shape index (κ3) is 4.85. The Morgan fingerprint density at radius 2 is 1.85 bits per heavy atom. The first kappa shape index (κ1) is 17.1. The largest absolute Gasteiger partial charge is 0.484 e. The molecule has 0 spiro atoms. The van der Waals surface area contributed by atoms with E-state index in [1.54, 1.807) is 24.3 Å². The van der Waals surface area contributed by atoms with Gasteiger partial charge in [-0.05, 0) is 38.1 Å². The van der Waals surface area contributed by atoms with Crippen molar-refractivity contribution in [2.45, 2.75) is 25.9 Å². The highest BCUT2D eigenvalue weighted by atomic mass is 35.5. The molecule has 2 rings (SSSR count). The molecule has 1 amide bonds. The van der Waals surface area contributed by atoms with Gasteiger partial charge in [0.2, 0.25) is 0 Å². The maximum absolute atomic E-state index is 12.1. The zero-order chi connectivity index (χ0) is 13.8. The van der Waals surface area contributed by atoms with E-state index in [0.29, 0.717) is 22.9 Å². The van der Waals surface area contributed by atoms with E-state index in [1.165, 1.54) is 0 Å². The van der Waals surface area contributed by atoms with Crippen LogP contribution in [0.3, 0.4) is 0 Å². The van der Waals surface area contributed by atoms with Gasteiger partial charge in [0.05, 0.1) is 0 Å². The Labute approximate surface area is 130 Å². The van der Waals surface area contributed by atoms with Gasteiger partial charge >= 0.3 is 0 Å². The summed E-state index contributed by atoms with van der Waals surface area (Å²) in [7, 11) is 0. The number of hydrogen-bond donors (Lipinski definition) is 1. The van der Waals surface area contributed by atoms with Gasteiger partial charge in [-0.25, -0.2) is 0 Å². The van der Waals surface area contributed by atoms with Crippen molar-refractivity contribution in [3.8, 4) is 5.75 Å². The van der Waals surface area contributed by atoms with E-state index < -0.39 is 0 Å². The SMILES string of the molecule is CC1CN(C(=O)COc2ccc(Cl)cc2)CC(C)N1.Cl. The number of hydrogen-bond acceptors (Lipinski definition) is 3. The number of piperazine rings is 1. The topological polar surface area (TPSA) is 41.6 Å². The molecule has 1 N–H and O–H groups in total. The summed E-state index contributed by atoms with van der Waals surface area (Å²) in [6, 6.07) is 7.66. The third-order valence-corrected chi connectivity index (χ3v) is 3.34. The summed E-state index contributed by atoms with van der Waals surface area (Å²) >= 11 is 5.79. The van der Waals surface area contributed by atoms with Crippen molar-refractivity contribution in [1.29, 1.82) is 0 Å². The van der Waals surface area contributed by atoms with Crippen LogP contribution >= 0.6 is 24.0 Å². The van der Waals surface area contributed by atoms with Gasteiger partial charge in [-0.2, -0.15) is 0 Å². The summed E-state index contributed by atoms with van der Waals surface area (Å²) < 4.78 is 5.48. The third-order valence-electron chi connectivity index (χ3n) is 3.09. The van der Waals surface area contributed by atoms with Gasteiger partial charge in [0.1, 0.15) is 5.75 Å². The first-order chi connectivity index (χ1) is 9.04. The summed E-state index contributed by atoms with van der Waals surface area (Å²) in [5.74, 6) is 0.684. The van der Waals surface area contributed by atoms with Gasteiger partial charge in [-0.3, -0.25) is 4.79 Å². The molecule has 1 saturated heterocycles. The van der Waals surface area contributed by atoms with Gasteiger partial charge in [0, 0.05) is 30.2 Å². The van der Waals surface area contributed by atoms with Crippen LogP contribution in [0.15, 0.2) is 24.3 Å². The molecule has 1 aromatic carbocycles. The van der Waals surface area contributed by atoms with Crippen molar-refractivity contribution < 1.29 is 9.53 Å². The minimum absolute atomic E-state index is 0. The van der Waals surface area contributed by atoms with E-state index in [4.69, 9.17) is 16.3 Å². The molecule has 112 valence electrons. The molecule has 1 heterocycles. The zero-order valence-corrected chi connectivity index (χ0v) is 13.2. The van der Waals surface area contributed by atoms with Gasteiger partial charge in [0.15, 0.2) is 6.61 Å². The van der Waals surface area contributed by atoms with Gasteiger partial charge in [-0.1, -0.05) is 11.6 Å². The summed E-state index contributed by atoms with van der Waals surface area (Å²) in [6.45, 7) is 5.69. The van der Waals surface area contributed by atoms with Crippen LogP contribution < -0.4 is 10.1 Å². The predicted octanol–water partition coefficient (Wildman–Crippen LogP) is 2.35. The number of amides is 1. The van der Waals surface area contributed by atoms with Crippen molar-refractivity contribution in [2.24, 2.45) is 0 Å². The molecule has 0 saturated carbocycles. The molecular weight excluding hydrogens is 299 g/mol. The predicted molar refractivity (Wildman–Crippen MR) is 82.8 cm³/mol. The van der Waals surface area contributed by atoms with Crippen molar-refractivity contribution in [3.05, 3.63) is 29.3 Å². The average molecular weight is 319 g/mol. The Kier molecular flexibility index (Phi) is 6.59. The monoisotopic (exact) mass is 318 g/mol. The summed E-state index contributed by atoms with van der Waals surface area (Å²) in [5, 5.41) is 4.05. The fraction of sp³-hybridized carbons (Fsp3) is 0.500. The number of nitrogens with zero attached hydrogens (tertiary/aromatic N) is 1. The fourth-order valence-corrected chi connectivity index (χ4v) is 2.42. The summed E-state index contributed by atoms with van der Waals surface area (Å²) in [6.07, 6.45) is 0. The molecule has 2 atom stereocenters. The lowest BCUT2D eigenvalue weighted by Crippen LogP contribution is -2.56. The number of benzene rings is 1. The van der Waals surface area contributed by atoms with Crippen LogP contribution in [0.4, 0.5) is 0 Å². The van der Waals surface area contributed by atoms with Crippen LogP contribution in [-0.4, -0.2) is 42.6 Å². The van der Waals surface area contributed by atoms with E-state index in [0.717, 1.165) is 13.1 Å². The van der Waals surface area contributed by atoms with Crippen molar-refractivity contribution in [3.63, 3.8) is 0 Å². The smallest absolute Gasteiger partial charge is 0.260 e. The highest BCUT2D eigenvalue weighted by Crippen LogP contribution is 2.15. The number of carbonyl (C=O) groups is 1. The minimum Gasteiger partial charge on any atom is -0.484 e. The molecule has 2 unspecified atom stereocenters. The van der Waals surface area contributed by atoms with Crippen LogP contribution in [-0.2, 0) is 4.79 Å². The molecule has 0 radical (unpaired) electrons. The van der Waals surface area contributed by atoms with Crippen molar-refractivity contribution in [1.82, 2.24) is 10.2 Å². The highest BCUT2D eigenvalue weighted by molar-refractivity contribution is 6.30. The van der Waals surface area contributed by atoms with Crippen LogP contribution in [0.2, 0.25) is 5.02 Å². The zero-order valence-electron chi connectivity index (χ0n) is 11.6. The van der Waals surface area contributed by atoms with E-state index in [9.17, 15) is 4.79 Å². The highest BCUT2D eigenvalue weighted by Gasteiger charge is 2.24. The standard InChI is InChI=1S/C14H19ClN2O2.ClH/c1-10-7-17(8-11(2)16-10)14(18)9-19-13-5-3-12(15)4-6-13;/h3-6,10-11,16H,7-9H2,1-2H3;1H. The second-order valence-electron chi connectivity index (χ2n) is 5.01. The summed E-state index contributed by atoms with van der Waals surface area (Å²) in [4.78, 5) is 13.9. The first-order valence-corrected chi connectivity index (χ1v) is 6.84. The maximum Gasteiger partial charge on any atom is 0.260 e. The van der Waals surface area contributed by atoms with E-state index in [-0.39, 0.29) is 24.9 Å². The molecule has 4 nitrogen and oxygen atoms in total. The van der Waals surface area contributed by atoms with Gasteiger partial charge in [0.25, 0.3) is 5.91 Å². The molecular formula is C14H20Cl2N2O2. The Bertz CT molecular complexity index is 429. The quantitative estimate of drug-likeness (QED) is 0.930. The first-order valence-electron chi connectivity index (χ1n) is 6.47. The summed E-state index contributed by atoms with van der Waals surface area (Å²) in [5.41, 5.74) is 0.